The number of carbonyl (C=O) groups excluding carboxylic acids is 2. The summed E-state index contributed by atoms with van der Waals surface area (Å²) in [4.78, 5) is 35.0. The zero-order valence-electron chi connectivity index (χ0n) is 15.8. The molecule has 3 aromatic rings. The predicted octanol–water partition coefficient (Wildman–Crippen LogP) is 2.44. The van der Waals surface area contributed by atoms with Gasteiger partial charge in [-0.2, -0.15) is 0 Å². The van der Waals surface area contributed by atoms with Crippen LogP contribution in [0.4, 0.5) is 15.9 Å². The van der Waals surface area contributed by atoms with E-state index in [-0.39, 0.29) is 37.3 Å². The van der Waals surface area contributed by atoms with Gasteiger partial charge in [-0.1, -0.05) is 12.1 Å². The number of benzene rings is 1. The van der Waals surface area contributed by atoms with Crippen LogP contribution in [0.1, 0.15) is 16.1 Å². The minimum absolute atomic E-state index is 0.112. The monoisotopic (exact) mass is 427 g/mol. The molecular weight excluding hydrogens is 409 g/mol. The summed E-state index contributed by atoms with van der Waals surface area (Å²) in [5, 5.41) is 7.53. The van der Waals surface area contributed by atoms with E-state index in [0.717, 1.165) is 5.69 Å². The first-order valence-corrected chi connectivity index (χ1v) is 10.1. The molecule has 1 aliphatic heterocycles. The smallest absolute Gasteiger partial charge is 0.253 e. The number of hydrogen-bond acceptors (Lipinski definition) is 7. The van der Waals surface area contributed by atoms with Gasteiger partial charge in [0.2, 0.25) is 5.91 Å². The highest BCUT2D eigenvalue weighted by molar-refractivity contribution is 7.07. The van der Waals surface area contributed by atoms with Crippen molar-refractivity contribution in [2.75, 3.05) is 29.9 Å². The van der Waals surface area contributed by atoms with Crippen LogP contribution < -0.4 is 20.3 Å². The maximum absolute atomic E-state index is 13.5. The largest absolute Gasteiger partial charge is 0.489 e. The number of carbonyl (C=O) groups is 2. The van der Waals surface area contributed by atoms with E-state index in [1.165, 1.54) is 29.7 Å². The van der Waals surface area contributed by atoms with E-state index in [1.54, 1.807) is 28.6 Å². The molecule has 0 saturated carbocycles. The van der Waals surface area contributed by atoms with Gasteiger partial charge in [-0.3, -0.25) is 9.59 Å². The lowest BCUT2D eigenvalue weighted by molar-refractivity contribution is -0.117. The average Bonchev–Trinajstić information content (AvgIpc) is 3.27. The summed E-state index contributed by atoms with van der Waals surface area (Å²) in [5.41, 5.74) is 3.30. The van der Waals surface area contributed by atoms with Crippen molar-refractivity contribution in [3.63, 3.8) is 0 Å². The number of para-hydroxylation sites is 1. The Kier molecular flexibility index (Phi) is 5.84. The van der Waals surface area contributed by atoms with E-state index in [0.29, 0.717) is 23.6 Å². The Balaban J connectivity index is 1.41. The number of ether oxygens (including phenoxy) is 1. The summed E-state index contributed by atoms with van der Waals surface area (Å²) in [7, 11) is 0. The standard InChI is InChI=1S/C20H18FN5O3S/c21-15-3-1-2-4-17(15)29-6-5-22-20(28)13-7-16-19(23-8-13)24-9-18(27)26(16)10-14-11-30-12-25-14/h1-4,7-8,11-12H,5-6,9-10H2,(H,22,28)(H,23,24). The van der Waals surface area contributed by atoms with Crippen LogP contribution in [-0.2, 0) is 11.3 Å². The fraction of sp³-hybridized carbons (Fsp3) is 0.200. The molecule has 10 heteroatoms. The molecule has 0 saturated heterocycles. The highest BCUT2D eigenvalue weighted by atomic mass is 32.1. The molecule has 154 valence electrons. The van der Waals surface area contributed by atoms with Crippen molar-refractivity contribution < 1.29 is 18.7 Å². The highest BCUT2D eigenvalue weighted by Crippen LogP contribution is 2.29. The van der Waals surface area contributed by atoms with Crippen molar-refractivity contribution in [1.29, 1.82) is 0 Å². The zero-order valence-corrected chi connectivity index (χ0v) is 16.6. The molecule has 2 amide bonds. The van der Waals surface area contributed by atoms with Gasteiger partial charge >= 0.3 is 0 Å². The third-order valence-corrected chi connectivity index (χ3v) is 5.05. The van der Waals surface area contributed by atoms with E-state index >= 15 is 0 Å². The molecule has 0 unspecified atom stereocenters. The molecule has 0 bridgehead atoms. The summed E-state index contributed by atoms with van der Waals surface area (Å²) in [6.07, 6.45) is 1.44. The molecule has 30 heavy (non-hydrogen) atoms. The first-order valence-electron chi connectivity index (χ1n) is 9.18. The predicted molar refractivity (Wildman–Crippen MR) is 110 cm³/mol. The molecule has 3 heterocycles. The van der Waals surface area contributed by atoms with Crippen molar-refractivity contribution >= 4 is 34.7 Å². The van der Waals surface area contributed by atoms with Gasteiger partial charge in [-0.15, -0.1) is 11.3 Å². The van der Waals surface area contributed by atoms with Crippen molar-refractivity contribution in [2.24, 2.45) is 0 Å². The van der Waals surface area contributed by atoms with Crippen LogP contribution in [0.5, 0.6) is 5.75 Å². The molecule has 0 fully saturated rings. The lowest BCUT2D eigenvalue weighted by atomic mass is 10.2. The first-order chi connectivity index (χ1) is 14.6. The van der Waals surface area contributed by atoms with Gasteiger partial charge < -0.3 is 20.3 Å². The number of aromatic nitrogens is 2. The average molecular weight is 427 g/mol. The Labute approximate surface area is 175 Å². The molecule has 2 N–H and O–H groups in total. The second kappa shape index (κ2) is 8.87. The molecule has 0 spiro atoms. The summed E-state index contributed by atoms with van der Waals surface area (Å²) < 4.78 is 18.9. The van der Waals surface area contributed by atoms with Gasteiger partial charge in [0, 0.05) is 11.6 Å². The van der Waals surface area contributed by atoms with Crippen LogP contribution in [-0.4, -0.2) is 41.5 Å². The topological polar surface area (TPSA) is 96.4 Å². The van der Waals surface area contributed by atoms with E-state index in [1.807, 2.05) is 5.38 Å². The van der Waals surface area contributed by atoms with Gasteiger partial charge in [0.1, 0.15) is 6.61 Å². The summed E-state index contributed by atoms with van der Waals surface area (Å²) in [6.45, 7) is 0.730. The Bertz CT molecular complexity index is 1060. The summed E-state index contributed by atoms with van der Waals surface area (Å²) >= 11 is 1.45. The minimum atomic E-state index is -0.458. The van der Waals surface area contributed by atoms with Crippen molar-refractivity contribution in [2.45, 2.75) is 6.54 Å². The molecule has 0 aliphatic carbocycles. The van der Waals surface area contributed by atoms with Gasteiger partial charge in [0.05, 0.1) is 42.1 Å². The molecule has 8 nitrogen and oxygen atoms in total. The normalized spacial score (nSPS) is 12.8. The fourth-order valence-electron chi connectivity index (χ4n) is 2.95. The lowest BCUT2D eigenvalue weighted by Gasteiger charge is -2.29. The number of nitrogens with zero attached hydrogens (tertiary/aromatic N) is 3. The number of thiazole rings is 1. The van der Waals surface area contributed by atoms with Crippen LogP contribution in [0.15, 0.2) is 47.4 Å². The second-order valence-corrected chi connectivity index (χ2v) is 7.16. The molecule has 0 atom stereocenters. The number of nitrogens with one attached hydrogen (secondary N) is 2. The zero-order chi connectivity index (χ0) is 20.9. The van der Waals surface area contributed by atoms with Crippen LogP contribution in [0, 0.1) is 5.82 Å². The molecule has 2 aromatic heterocycles. The van der Waals surface area contributed by atoms with Crippen LogP contribution in [0.2, 0.25) is 0 Å². The van der Waals surface area contributed by atoms with E-state index in [9.17, 15) is 14.0 Å². The summed E-state index contributed by atoms with van der Waals surface area (Å²) in [6, 6.07) is 7.68. The van der Waals surface area contributed by atoms with E-state index in [4.69, 9.17) is 4.74 Å². The number of pyridine rings is 1. The Morgan fingerprint density at radius 2 is 2.20 bits per heavy atom. The third-order valence-electron chi connectivity index (χ3n) is 4.41. The quantitative estimate of drug-likeness (QED) is 0.563. The van der Waals surface area contributed by atoms with Gasteiger partial charge in [-0.25, -0.2) is 14.4 Å². The van der Waals surface area contributed by atoms with Crippen LogP contribution in [0.25, 0.3) is 0 Å². The van der Waals surface area contributed by atoms with E-state index in [2.05, 4.69) is 20.6 Å². The maximum Gasteiger partial charge on any atom is 0.253 e. The maximum atomic E-state index is 13.5. The SMILES string of the molecule is O=C(NCCOc1ccccc1F)c1cnc2c(c1)N(Cc1cscn1)C(=O)CN2. The molecular formula is C20H18FN5O3S. The highest BCUT2D eigenvalue weighted by Gasteiger charge is 2.26. The van der Waals surface area contributed by atoms with Gasteiger partial charge in [0.25, 0.3) is 5.91 Å². The van der Waals surface area contributed by atoms with Crippen molar-refractivity contribution in [3.8, 4) is 5.75 Å². The number of hydrogen-bond donors (Lipinski definition) is 2. The van der Waals surface area contributed by atoms with E-state index < -0.39 is 5.82 Å². The van der Waals surface area contributed by atoms with Crippen LogP contribution in [0.3, 0.4) is 0 Å². The third kappa shape index (κ3) is 4.38. The molecule has 1 aromatic carbocycles. The van der Waals surface area contributed by atoms with Crippen molar-refractivity contribution in [3.05, 3.63) is 64.5 Å². The number of fused-ring (bicyclic) bond motifs is 1. The fourth-order valence-corrected chi connectivity index (χ4v) is 3.50. The second-order valence-electron chi connectivity index (χ2n) is 6.44. The lowest BCUT2D eigenvalue weighted by Crippen LogP contribution is -2.40. The molecule has 1 aliphatic rings. The Morgan fingerprint density at radius 1 is 1.33 bits per heavy atom. The van der Waals surface area contributed by atoms with Crippen molar-refractivity contribution in [1.82, 2.24) is 15.3 Å². The summed E-state index contributed by atoms with van der Waals surface area (Å²) in [5.74, 6) is -0.295. The number of rotatable bonds is 7. The molecule has 4 rings (SSSR count). The first kappa shape index (κ1) is 19.8. The number of halogens is 1. The molecule has 0 radical (unpaired) electrons. The number of anilines is 2. The van der Waals surface area contributed by atoms with Crippen LogP contribution >= 0.6 is 11.3 Å². The van der Waals surface area contributed by atoms with Gasteiger partial charge in [0.15, 0.2) is 17.4 Å². The Morgan fingerprint density at radius 3 is 3.00 bits per heavy atom. The van der Waals surface area contributed by atoms with Gasteiger partial charge in [-0.05, 0) is 18.2 Å². The minimum Gasteiger partial charge on any atom is -0.489 e. The number of amides is 2. The Hall–Kier alpha value is -3.53.